The van der Waals surface area contributed by atoms with Crippen LogP contribution in [0.4, 0.5) is 0 Å². The first-order chi connectivity index (χ1) is 17.1. The van der Waals surface area contributed by atoms with E-state index in [0.717, 1.165) is 51.4 Å². The van der Waals surface area contributed by atoms with Crippen LogP contribution >= 0.6 is 0 Å². The maximum atomic E-state index is 12.0. The molecule has 11 nitrogen and oxygen atoms in total. The summed E-state index contributed by atoms with van der Waals surface area (Å²) in [5.74, 6) is -0.563. The van der Waals surface area contributed by atoms with Gasteiger partial charge in [0, 0.05) is 12.8 Å². The molecule has 2 heterocycles. The van der Waals surface area contributed by atoms with E-state index in [1.807, 2.05) is 6.92 Å². The summed E-state index contributed by atoms with van der Waals surface area (Å²) < 4.78 is 21.6. The van der Waals surface area contributed by atoms with E-state index in [9.17, 15) is 35.4 Å². The first-order valence-corrected chi connectivity index (χ1v) is 13.3. The second-order valence-corrected chi connectivity index (χ2v) is 10.1. The topological polar surface area (TPSA) is 175 Å². The molecule has 2 aliphatic rings. The fourth-order valence-corrected chi connectivity index (χ4v) is 4.48. The largest absolute Gasteiger partial charge is 0.433 e. The van der Waals surface area contributed by atoms with Crippen molar-refractivity contribution in [3.63, 3.8) is 0 Å². The van der Waals surface area contributed by atoms with Crippen LogP contribution < -0.4 is 0 Å². The van der Waals surface area contributed by atoms with Gasteiger partial charge in [-0.15, -0.1) is 0 Å². The van der Waals surface area contributed by atoms with Gasteiger partial charge in [0.15, 0.2) is 6.29 Å². The zero-order chi connectivity index (χ0) is 26.7. The smallest absolute Gasteiger partial charge is 0.308 e. The summed E-state index contributed by atoms with van der Waals surface area (Å²) in [5.41, 5.74) is 0. The predicted molar refractivity (Wildman–Crippen MR) is 128 cm³/mol. The van der Waals surface area contributed by atoms with Crippen molar-refractivity contribution in [3.8, 4) is 0 Å². The summed E-state index contributed by atoms with van der Waals surface area (Å²) >= 11 is 0. The zero-order valence-electron chi connectivity index (χ0n) is 21.5. The molecule has 0 amide bonds. The standard InChI is InChI=1S/C25H46O11/c1-15(33-24-18(28)13-17(27)16(2)34-24)11-9-7-5-3-4-6-8-10-12-20(29)36-25-23(32)22(31)21(30)19(14-26)35-25/h15-19,21-28,30-32H,3-14H2,1-2H3. The van der Waals surface area contributed by atoms with Gasteiger partial charge in [0.2, 0.25) is 6.29 Å². The Hall–Kier alpha value is -0.890. The Kier molecular flexibility index (Phi) is 14.1. The molecule has 0 aromatic heterocycles. The molecule has 6 N–H and O–H groups in total. The summed E-state index contributed by atoms with van der Waals surface area (Å²) in [6.07, 6.45) is -0.526. The molecule has 0 aromatic carbocycles. The van der Waals surface area contributed by atoms with Crippen molar-refractivity contribution in [2.45, 2.75) is 146 Å². The van der Waals surface area contributed by atoms with Crippen LogP contribution in [0.5, 0.6) is 0 Å². The zero-order valence-corrected chi connectivity index (χ0v) is 21.5. The number of carbonyl (C=O) groups excluding carboxylic acids is 1. The van der Waals surface area contributed by atoms with Crippen LogP contribution in [0.2, 0.25) is 0 Å². The van der Waals surface area contributed by atoms with Crippen LogP contribution in [0.3, 0.4) is 0 Å². The van der Waals surface area contributed by atoms with Gasteiger partial charge >= 0.3 is 5.97 Å². The number of esters is 1. The summed E-state index contributed by atoms with van der Waals surface area (Å²) in [4.78, 5) is 12.0. The second kappa shape index (κ2) is 16.2. The quantitative estimate of drug-likeness (QED) is 0.130. The van der Waals surface area contributed by atoms with Gasteiger partial charge in [-0.3, -0.25) is 4.79 Å². The predicted octanol–water partition coefficient (Wildman–Crippen LogP) is 0.492. The minimum atomic E-state index is -1.58. The van der Waals surface area contributed by atoms with E-state index in [1.165, 1.54) is 0 Å². The average molecular weight is 523 g/mol. The molecule has 2 rings (SSSR count). The molecule has 0 bridgehead atoms. The molecule has 10 atom stereocenters. The number of aliphatic hydroxyl groups excluding tert-OH is 6. The maximum absolute atomic E-state index is 12.0. The van der Waals surface area contributed by atoms with Crippen molar-refractivity contribution in [3.05, 3.63) is 0 Å². The van der Waals surface area contributed by atoms with Gasteiger partial charge < -0.3 is 49.6 Å². The SMILES string of the molecule is CC(CCCCCCCCCCC(=O)OC1OC(CO)C(O)C(O)C1O)OC1OC(C)C(O)CC1O. The number of carbonyl (C=O) groups is 1. The number of rotatable bonds is 15. The van der Waals surface area contributed by atoms with E-state index in [1.54, 1.807) is 6.92 Å². The molecule has 0 aromatic rings. The van der Waals surface area contributed by atoms with Gasteiger partial charge in [-0.1, -0.05) is 44.9 Å². The van der Waals surface area contributed by atoms with Gasteiger partial charge in [-0.2, -0.15) is 0 Å². The van der Waals surface area contributed by atoms with Crippen LogP contribution in [0, 0.1) is 0 Å². The van der Waals surface area contributed by atoms with Crippen molar-refractivity contribution in [1.82, 2.24) is 0 Å². The molecule has 0 spiro atoms. The van der Waals surface area contributed by atoms with Crippen LogP contribution in [-0.2, 0) is 23.7 Å². The summed E-state index contributed by atoms with van der Waals surface area (Å²) in [5, 5.41) is 58.3. The lowest BCUT2D eigenvalue weighted by Crippen LogP contribution is -2.59. The Morgan fingerprint density at radius 2 is 1.44 bits per heavy atom. The summed E-state index contributed by atoms with van der Waals surface area (Å²) in [6.45, 7) is 3.17. The van der Waals surface area contributed by atoms with Gasteiger partial charge in [-0.25, -0.2) is 0 Å². The fraction of sp³-hybridized carbons (Fsp3) is 0.960. The number of hydrogen-bond acceptors (Lipinski definition) is 11. The number of unbranched alkanes of at least 4 members (excludes halogenated alkanes) is 7. The van der Waals surface area contributed by atoms with Crippen molar-refractivity contribution < 1.29 is 54.4 Å². The molecule has 2 fully saturated rings. The van der Waals surface area contributed by atoms with E-state index in [-0.39, 0.29) is 25.0 Å². The molecular weight excluding hydrogens is 476 g/mol. The fourth-order valence-electron chi connectivity index (χ4n) is 4.48. The highest BCUT2D eigenvalue weighted by molar-refractivity contribution is 5.69. The van der Waals surface area contributed by atoms with Crippen LogP contribution in [-0.4, -0.2) is 105 Å². The Balaban J connectivity index is 1.45. The van der Waals surface area contributed by atoms with Gasteiger partial charge in [0.05, 0.1) is 24.9 Å². The summed E-state index contributed by atoms with van der Waals surface area (Å²) in [7, 11) is 0. The molecule has 2 saturated heterocycles. The second-order valence-electron chi connectivity index (χ2n) is 10.1. The van der Waals surface area contributed by atoms with E-state index in [0.29, 0.717) is 6.42 Å². The number of hydrogen-bond donors (Lipinski definition) is 6. The Morgan fingerprint density at radius 3 is 2.08 bits per heavy atom. The van der Waals surface area contributed by atoms with Crippen LogP contribution in [0.1, 0.15) is 84.5 Å². The first kappa shape index (κ1) is 31.3. The van der Waals surface area contributed by atoms with Gasteiger partial charge in [0.1, 0.15) is 30.5 Å². The van der Waals surface area contributed by atoms with Gasteiger partial charge in [0.25, 0.3) is 0 Å². The third kappa shape index (κ3) is 10.1. The highest BCUT2D eigenvalue weighted by Crippen LogP contribution is 2.24. The highest BCUT2D eigenvalue weighted by atomic mass is 16.7. The van der Waals surface area contributed by atoms with Gasteiger partial charge in [-0.05, 0) is 26.7 Å². The Labute approximate surface area is 213 Å². The first-order valence-electron chi connectivity index (χ1n) is 13.3. The van der Waals surface area contributed by atoms with Crippen molar-refractivity contribution >= 4 is 5.97 Å². The molecule has 11 heteroatoms. The van der Waals surface area contributed by atoms with Crippen molar-refractivity contribution in [2.24, 2.45) is 0 Å². The van der Waals surface area contributed by atoms with Crippen LogP contribution in [0.25, 0.3) is 0 Å². The lowest BCUT2D eigenvalue weighted by atomic mass is 9.99. The van der Waals surface area contributed by atoms with Crippen molar-refractivity contribution in [2.75, 3.05) is 6.61 Å². The highest BCUT2D eigenvalue weighted by Gasteiger charge is 2.45. The van der Waals surface area contributed by atoms with Crippen molar-refractivity contribution in [1.29, 1.82) is 0 Å². The average Bonchev–Trinajstić information content (AvgIpc) is 2.84. The monoisotopic (exact) mass is 522 g/mol. The normalized spacial score (nSPS) is 35.9. The molecule has 212 valence electrons. The molecule has 0 saturated carbocycles. The Morgan fingerprint density at radius 1 is 0.833 bits per heavy atom. The maximum Gasteiger partial charge on any atom is 0.308 e. The lowest BCUT2D eigenvalue weighted by molar-refractivity contribution is -0.292. The van der Waals surface area contributed by atoms with E-state index < -0.39 is 61.8 Å². The third-order valence-corrected chi connectivity index (χ3v) is 6.89. The van der Waals surface area contributed by atoms with Crippen LogP contribution in [0.15, 0.2) is 0 Å². The Bertz CT molecular complexity index is 619. The molecule has 0 radical (unpaired) electrons. The molecular formula is C25H46O11. The number of ether oxygens (including phenoxy) is 4. The third-order valence-electron chi connectivity index (χ3n) is 6.89. The molecule has 36 heavy (non-hydrogen) atoms. The number of aliphatic hydroxyl groups is 6. The summed E-state index contributed by atoms with van der Waals surface area (Å²) in [6, 6.07) is 0. The molecule has 10 unspecified atom stereocenters. The van der Waals surface area contributed by atoms with E-state index in [2.05, 4.69) is 0 Å². The molecule has 2 aliphatic heterocycles. The minimum absolute atomic E-state index is 0.0326. The van der Waals surface area contributed by atoms with E-state index >= 15 is 0 Å². The lowest BCUT2D eigenvalue weighted by Gasteiger charge is -2.39. The molecule has 0 aliphatic carbocycles. The van der Waals surface area contributed by atoms with E-state index in [4.69, 9.17) is 18.9 Å². The minimum Gasteiger partial charge on any atom is -0.433 e.